The third-order valence-electron chi connectivity index (χ3n) is 5.87. The molecular weight excluding hydrogens is 487 g/mol. The molecule has 11 nitrogen and oxygen atoms in total. The zero-order valence-corrected chi connectivity index (χ0v) is 21.1. The fourth-order valence-electron chi connectivity index (χ4n) is 4.37. The molecule has 2 saturated heterocycles. The Morgan fingerprint density at radius 3 is 2.50 bits per heavy atom. The number of phosphoric ester groups is 1. The minimum absolute atomic E-state index is 0. The van der Waals surface area contributed by atoms with Gasteiger partial charge in [-0.3, -0.25) is 14.2 Å². The molecule has 0 aliphatic carbocycles. The van der Waals surface area contributed by atoms with Crippen LogP contribution in [-0.4, -0.2) is 103 Å². The van der Waals surface area contributed by atoms with Gasteiger partial charge >= 0.3 is 7.82 Å². The van der Waals surface area contributed by atoms with Crippen LogP contribution in [0.15, 0.2) is 0 Å². The van der Waals surface area contributed by atoms with E-state index in [4.69, 9.17) is 26.1 Å². The lowest BCUT2D eigenvalue weighted by Gasteiger charge is -2.45. The molecule has 2 rings (SSSR count). The van der Waals surface area contributed by atoms with Crippen LogP contribution in [0.5, 0.6) is 0 Å². The summed E-state index contributed by atoms with van der Waals surface area (Å²) in [6.45, 7) is 4.57. The first kappa shape index (κ1) is 30.1. The van der Waals surface area contributed by atoms with Crippen molar-refractivity contribution in [3.63, 3.8) is 0 Å². The fraction of sp³-hybridized carbons (Fsp3) is 0.944. The van der Waals surface area contributed by atoms with Crippen molar-refractivity contribution in [2.75, 3.05) is 19.8 Å². The summed E-state index contributed by atoms with van der Waals surface area (Å²) in [6.07, 6.45) is -1.37. The first-order valence-corrected chi connectivity index (χ1v) is 13.6. The van der Waals surface area contributed by atoms with Crippen LogP contribution in [0.2, 0.25) is 0 Å². The maximum Gasteiger partial charge on any atom is 0.470 e. The van der Waals surface area contributed by atoms with Crippen molar-refractivity contribution < 1.29 is 44.1 Å². The Balaban J connectivity index is 0.00000512. The van der Waals surface area contributed by atoms with Gasteiger partial charge < -0.3 is 35.5 Å². The molecule has 2 aliphatic heterocycles. The Morgan fingerprint density at radius 1 is 1.38 bits per heavy atom. The molecular formula is C18H36ClN2O9PS. The van der Waals surface area contributed by atoms with Crippen molar-refractivity contribution in [1.29, 1.82) is 0 Å². The number of nitrogens with zero attached hydrogens (tertiary/aromatic N) is 1. The van der Waals surface area contributed by atoms with Gasteiger partial charge in [-0.2, -0.15) is 0 Å². The zero-order valence-electron chi connectivity index (χ0n) is 18.6. The Kier molecular flexibility index (Phi) is 11.9. The van der Waals surface area contributed by atoms with Gasteiger partial charge in [-0.05, 0) is 39.0 Å². The van der Waals surface area contributed by atoms with Gasteiger partial charge in [0.1, 0.15) is 29.9 Å². The van der Waals surface area contributed by atoms with E-state index in [-0.39, 0.29) is 17.4 Å². The van der Waals surface area contributed by atoms with Gasteiger partial charge in [-0.25, -0.2) is 4.57 Å². The number of carbonyl (C=O) groups is 1. The smallest absolute Gasteiger partial charge is 0.412 e. The van der Waals surface area contributed by atoms with E-state index in [1.807, 2.05) is 11.9 Å². The lowest BCUT2D eigenvalue weighted by atomic mass is 9.92. The molecule has 1 amide bonds. The monoisotopic (exact) mass is 522 g/mol. The van der Waals surface area contributed by atoms with E-state index in [0.29, 0.717) is 5.92 Å². The first-order chi connectivity index (χ1) is 14.4. The van der Waals surface area contributed by atoms with Gasteiger partial charge in [-0.1, -0.05) is 13.3 Å². The summed E-state index contributed by atoms with van der Waals surface area (Å²) in [5.41, 5.74) is -0.992. The van der Waals surface area contributed by atoms with Crippen molar-refractivity contribution in [2.24, 2.45) is 5.92 Å². The molecule has 32 heavy (non-hydrogen) atoms. The van der Waals surface area contributed by atoms with Crippen LogP contribution in [0.1, 0.15) is 33.1 Å². The maximum atomic E-state index is 13.0. The fourth-order valence-corrected chi connectivity index (χ4v) is 5.93. The quantitative estimate of drug-likeness (QED) is 0.199. The van der Waals surface area contributed by atoms with Gasteiger partial charge in [0.05, 0.1) is 17.5 Å². The molecule has 0 aromatic carbocycles. The number of aliphatic hydroxyl groups excluding tert-OH is 2. The summed E-state index contributed by atoms with van der Waals surface area (Å²) in [5, 5.41) is 23.4. The molecule has 7 N–H and O–H groups in total. The van der Waals surface area contributed by atoms with E-state index in [2.05, 4.69) is 16.8 Å². The largest absolute Gasteiger partial charge is 0.470 e. The topological polar surface area (TPSA) is 180 Å². The van der Waals surface area contributed by atoms with Crippen LogP contribution in [0.3, 0.4) is 0 Å². The number of ether oxygens (including phenoxy) is 1. The van der Waals surface area contributed by atoms with Crippen molar-refractivity contribution >= 4 is 37.1 Å². The molecule has 9 atom stereocenters. The summed E-state index contributed by atoms with van der Waals surface area (Å²) in [6, 6.07) is -1.18. The number of rotatable bonds is 9. The van der Waals surface area contributed by atoms with E-state index in [1.54, 1.807) is 13.2 Å². The van der Waals surface area contributed by atoms with Crippen LogP contribution in [-0.2, 0) is 18.6 Å². The molecule has 0 spiro atoms. The molecule has 0 radical (unpaired) electrons. The van der Waals surface area contributed by atoms with Crippen LogP contribution < -0.4 is 5.32 Å². The normalized spacial score (nSPS) is 35.7. The van der Waals surface area contributed by atoms with Crippen LogP contribution in [0.4, 0.5) is 0 Å². The SMILES string of the molecule is CCC[C@@H]1C[C@@H](C(=O)NC(C2O[C@H](SC)[C@H](OP(=O)(O)O)[C@@H](O)[C@H]2O)[C@H](C)Cl)N(C)C1.O. The Bertz CT molecular complexity index is 656. The Hall–Kier alpha value is 0.0200. The highest BCUT2D eigenvalue weighted by atomic mass is 35.5. The van der Waals surface area contributed by atoms with Gasteiger partial charge in [-0.15, -0.1) is 23.4 Å². The van der Waals surface area contributed by atoms with Crippen molar-refractivity contribution in [3.05, 3.63) is 0 Å². The third-order valence-corrected chi connectivity index (χ3v) is 7.50. The van der Waals surface area contributed by atoms with Crippen molar-refractivity contribution in [1.82, 2.24) is 10.2 Å². The number of amides is 1. The van der Waals surface area contributed by atoms with Gasteiger partial charge in [0, 0.05) is 6.54 Å². The number of likely N-dealkylation sites (N-methyl/N-ethyl adjacent to an activating group) is 1. The lowest BCUT2D eigenvalue weighted by Crippen LogP contribution is -2.65. The van der Waals surface area contributed by atoms with Crippen LogP contribution in [0, 0.1) is 5.92 Å². The summed E-state index contributed by atoms with van der Waals surface area (Å²) in [7, 11) is -3.04. The summed E-state index contributed by atoms with van der Waals surface area (Å²) < 4.78 is 21.7. The number of aliphatic hydroxyl groups is 2. The van der Waals surface area contributed by atoms with Gasteiger partial charge in [0.2, 0.25) is 5.91 Å². The highest BCUT2D eigenvalue weighted by molar-refractivity contribution is 7.99. The molecule has 2 aliphatic rings. The number of alkyl halides is 1. The predicted octanol–water partition coefficient (Wildman–Crippen LogP) is -0.318. The molecule has 2 unspecified atom stereocenters. The molecule has 0 saturated carbocycles. The molecule has 190 valence electrons. The molecule has 2 fully saturated rings. The summed E-state index contributed by atoms with van der Waals surface area (Å²) in [4.78, 5) is 33.3. The minimum atomic E-state index is -4.93. The van der Waals surface area contributed by atoms with Crippen LogP contribution in [0.25, 0.3) is 0 Å². The first-order valence-electron chi connectivity index (χ1n) is 10.3. The maximum absolute atomic E-state index is 13.0. The van der Waals surface area contributed by atoms with E-state index >= 15 is 0 Å². The minimum Gasteiger partial charge on any atom is -0.412 e. The second-order valence-corrected chi connectivity index (χ2v) is 11.1. The summed E-state index contributed by atoms with van der Waals surface area (Å²) in [5.74, 6) is 0.195. The molecule has 0 aromatic rings. The second-order valence-electron chi connectivity index (χ2n) is 8.30. The number of thioether (sulfide) groups is 1. The van der Waals surface area contributed by atoms with E-state index in [9.17, 15) is 19.6 Å². The molecule has 0 aromatic heterocycles. The number of likely N-dealkylation sites (tertiary alicyclic amines) is 1. The second kappa shape index (κ2) is 12.6. The van der Waals surface area contributed by atoms with Crippen molar-refractivity contribution in [3.8, 4) is 0 Å². The van der Waals surface area contributed by atoms with Crippen LogP contribution >= 0.6 is 31.2 Å². The number of halogens is 1. The van der Waals surface area contributed by atoms with Gasteiger partial charge in [0.25, 0.3) is 0 Å². The Labute approximate surface area is 197 Å². The highest BCUT2D eigenvalue weighted by Gasteiger charge is 2.51. The zero-order chi connectivity index (χ0) is 23.5. The summed E-state index contributed by atoms with van der Waals surface area (Å²) >= 11 is 7.38. The highest BCUT2D eigenvalue weighted by Crippen LogP contribution is 2.43. The number of hydrogen-bond donors (Lipinski definition) is 5. The number of hydrogen-bond acceptors (Lipinski definition) is 8. The number of phosphoric acid groups is 1. The predicted molar refractivity (Wildman–Crippen MR) is 121 cm³/mol. The average molecular weight is 523 g/mol. The standard InChI is InChI=1S/C18H34ClN2O8PS.H2O/c1-5-6-10-7-11(21(3)8-10)17(24)20-12(9(2)19)15-13(22)14(23)16(18(28-15)31-4)29-30(25,26)27;/h9-16,18,22-23H,5-8H2,1-4H3,(H,20,24)(H2,25,26,27);1H2/t9-,10+,11-,12?,13+,14-,15?,16+,18+;/m0./s1. The lowest BCUT2D eigenvalue weighted by molar-refractivity contribution is -0.201. The number of carbonyl (C=O) groups excluding carboxylic acids is 1. The third kappa shape index (κ3) is 7.51. The van der Waals surface area contributed by atoms with Crippen molar-refractivity contribution in [2.45, 2.75) is 80.4 Å². The Morgan fingerprint density at radius 2 is 2.00 bits per heavy atom. The van der Waals surface area contributed by atoms with E-state index in [1.165, 1.54) is 0 Å². The number of nitrogens with one attached hydrogen (secondary N) is 1. The molecule has 2 heterocycles. The average Bonchev–Trinajstić information content (AvgIpc) is 3.03. The molecule has 14 heteroatoms. The molecule has 0 bridgehead atoms. The van der Waals surface area contributed by atoms with Gasteiger partial charge in [0.15, 0.2) is 0 Å². The van der Waals surface area contributed by atoms with E-state index < -0.39 is 49.1 Å². The van der Waals surface area contributed by atoms with E-state index in [0.717, 1.165) is 37.6 Å².